The van der Waals surface area contributed by atoms with Crippen LogP contribution >= 0.6 is 0 Å². The molecule has 198 valence electrons. The lowest BCUT2D eigenvalue weighted by atomic mass is 10.1. The molecule has 3 aromatic carbocycles. The van der Waals surface area contributed by atoms with E-state index < -0.39 is 0 Å². The van der Waals surface area contributed by atoms with E-state index in [-0.39, 0.29) is 37.3 Å². The molecule has 0 aliphatic carbocycles. The highest BCUT2D eigenvalue weighted by Crippen LogP contribution is 2.19. The van der Waals surface area contributed by atoms with Crippen LogP contribution in [0.25, 0.3) is 10.8 Å². The number of aryl methyl sites for hydroxylation is 1. The fourth-order valence-corrected chi connectivity index (χ4v) is 4.32. The molecule has 0 saturated carbocycles. The van der Waals surface area contributed by atoms with Crippen LogP contribution < -0.4 is 0 Å². The van der Waals surface area contributed by atoms with Crippen LogP contribution in [0.2, 0.25) is 0 Å². The third-order valence-electron chi connectivity index (χ3n) is 6.31. The molecule has 0 spiro atoms. The van der Waals surface area contributed by atoms with Gasteiger partial charge in [0.1, 0.15) is 23.9 Å². The second kappa shape index (κ2) is 13.0. The van der Waals surface area contributed by atoms with Crippen molar-refractivity contribution in [2.24, 2.45) is 0 Å². The van der Waals surface area contributed by atoms with Crippen molar-refractivity contribution in [3.63, 3.8) is 0 Å². The molecule has 4 aromatic rings. The average Bonchev–Trinajstić information content (AvgIpc) is 3.34. The van der Waals surface area contributed by atoms with Gasteiger partial charge in [0.2, 0.25) is 5.91 Å². The summed E-state index contributed by atoms with van der Waals surface area (Å²) in [7, 11) is 0. The van der Waals surface area contributed by atoms with Crippen LogP contribution in [0, 0.1) is 12.7 Å². The summed E-state index contributed by atoms with van der Waals surface area (Å²) in [4.78, 5) is 30.5. The minimum absolute atomic E-state index is 0.0985. The largest absolute Gasteiger partial charge is 0.464 e. The van der Waals surface area contributed by atoms with E-state index in [1.54, 1.807) is 28.0 Å². The van der Waals surface area contributed by atoms with Crippen LogP contribution in [-0.4, -0.2) is 47.9 Å². The number of amides is 2. The first-order valence-electron chi connectivity index (χ1n) is 12.9. The zero-order valence-electron chi connectivity index (χ0n) is 21.9. The third kappa shape index (κ3) is 7.29. The van der Waals surface area contributed by atoms with E-state index in [0.717, 1.165) is 22.1 Å². The summed E-state index contributed by atoms with van der Waals surface area (Å²) in [6, 6.07) is 23.2. The van der Waals surface area contributed by atoms with Crippen molar-refractivity contribution >= 4 is 22.6 Å². The zero-order valence-corrected chi connectivity index (χ0v) is 21.9. The topological polar surface area (TPSA) is 63.0 Å². The van der Waals surface area contributed by atoms with E-state index in [1.807, 2.05) is 62.4 Å². The van der Waals surface area contributed by atoms with Crippen molar-refractivity contribution in [2.45, 2.75) is 33.4 Å². The molecule has 0 fully saturated rings. The molecule has 1 heterocycles. The molecule has 0 aliphatic heterocycles. The van der Waals surface area contributed by atoms with Crippen LogP contribution in [0.4, 0.5) is 4.39 Å². The number of rotatable bonds is 12. The number of hydrogen-bond donors (Lipinski definition) is 0. The van der Waals surface area contributed by atoms with Crippen LogP contribution in [0.3, 0.4) is 0 Å². The molecular formula is C31H33FN2O4. The van der Waals surface area contributed by atoms with Crippen molar-refractivity contribution in [1.29, 1.82) is 0 Å². The molecule has 0 bridgehead atoms. The van der Waals surface area contributed by atoms with E-state index in [1.165, 1.54) is 12.1 Å². The maximum atomic E-state index is 13.7. The van der Waals surface area contributed by atoms with Gasteiger partial charge in [0, 0.05) is 31.9 Å². The summed E-state index contributed by atoms with van der Waals surface area (Å²) in [6.45, 7) is 5.63. The van der Waals surface area contributed by atoms with E-state index in [0.29, 0.717) is 37.5 Å². The molecule has 2 amide bonds. The van der Waals surface area contributed by atoms with Crippen molar-refractivity contribution in [3.8, 4) is 0 Å². The van der Waals surface area contributed by atoms with Gasteiger partial charge < -0.3 is 19.0 Å². The van der Waals surface area contributed by atoms with Gasteiger partial charge in [-0.3, -0.25) is 9.59 Å². The highest BCUT2D eigenvalue weighted by molar-refractivity contribution is 6.00. The SMILES string of the molecule is CCOCCCN(CC(=O)N(Cc1ccc(F)cc1)Cc1ccc(C)o1)C(=O)c1ccc2ccccc2c1. The Labute approximate surface area is 222 Å². The number of halogens is 1. The quantitative estimate of drug-likeness (QED) is 0.217. The Kier molecular flexibility index (Phi) is 9.27. The Morgan fingerprint density at radius 2 is 1.66 bits per heavy atom. The van der Waals surface area contributed by atoms with E-state index >= 15 is 0 Å². The molecule has 7 heteroatoms. The van der Waals surface area contributed by atoms with Gasteiger partial charge in [-0.2, -0.15) is 0 Å². The fourth-order valence-electron chi connectivity index (χ4n) is 4.32. The van der Waals surface area contributed by atoms with Crippen LogP contribution in [-0.2, 0) is 22.6 Å². The highest BCUT2D eigenvalue weighted by Gasteiger charge is 2.24. The Bertz CT molecular complexity index is 1370. The first kappa shape index (κ1) is 27.1. The first-order valence-corrected chi connectivity index (χ1v) is 12.9. The molecule has 0 saturated heterocycles. The molecule has 6 nitrogen and oxygen atoms in total. The van der Waals surface area contributed by atoms with Gasteiger partial charge in [-0.25, -0.2) is 4.39 Å². The molecule has 38 heavy (non-hydrogen) atoms. The number of nitrogens with zero attached hydrogens (tertiary/aromatic N) is 2. The van der Waals surface area contributed by atoms with Crippen LogP contribution in [0.1, 0.15) is 40.8 Å². The van der Waals surface area contributed by atoms with Gasteiger partial charge in [-0.1, -0.05) is 42.5 Å². The minimum atomic E-state index is -0.338. The van der Waals surface area contributed by atoms with Crippen molar-refractivity contribution in [1.82, 2.24) is 9.80 Å². The van der Waals surface area contributed by atoms with Gasteiger partial charge >= 0.3 is 0 Å². The number of hydrogen-bond acceptors (Lipinski definition) is 4. The summed E-state index contributed by atoms with van der Waals surface area (Å²) in [6.07, 6.45) is 0.607. The normalized spacial score (nSPS) is 11.0. The van der Waals surface area contributed by atoms with E-state index in [4.69, 9.17) is 9.15 Å². The summed E-state index contributed by atoms with van der Waals surface area (Å²) in [5.41, 5.74) is 1.31. The Morgan fingerprint density at radius 3 is 2.37 bits per heavy atom. The molecule has 0 radical (unpaired) electrons. The third-order valence-corrected chi connectivity index (χ3v) is 6.31. The average molecular weight is 517 g/mol. The number of benzene rings is 3. The van der Waals surface area contributed by atoms with Crippen molar-refractivity contribution in [2.75, 3.05) is 26.3 Å². The second-order valence-electron chi connectivity index (χ2n) is 9.23. The Hall–Kier alpha value is -3.97. The standard InChI is InChI=1S/C31H33FN2O4/c1-3-37-18-6-17-33(31(36)27-13-12-25-7-4-5-8-26(25)19-27)22-30(35)34(21-29-16-9-23(2)38-29)20-24-10-14-28(32)15-11-24/h4-5,7-16,19H,3,6,17-18,20-22H2,1-2H3. The molecular weight excluding hydrogens is 483 g/mol. The fraction of sp³-hybridized carbons (Fsp3) is 0.290. The maximum Gasteiger partial charge on any atom is 0.254 e. The Balaban J connectivity index is 1.56. The maximum absolute atomic E-state index is 13.7. The van der Waals surface area contributed by atoms with Crippen LogP contribution in [0.5, 0.6) is 0 Å². The lowest BCUT2D eigenvalue weighted by molar-refractivity contribution is -0.133. The predicted molar refractivity (Wildman–Crippen MR) is 145 cm³/mol. The minimum Gasteiger partial charge on any atom is -0.464 e. The van der Waals surface area contributed by atoms with Crippen molar-refractivity contribution in [3.05, 3.63) is 107 Å². The number of furan rings is 1. The summed E-state index contributed by atoms with van der Waals surface area (Å²) < 4.78 is 24.7. The molecule has 0 unspecified atom stereocenters. The van der Waals surface area contributed by atoms with Crippen molar-refractivity contribution < 1.29 is 23.1 Å². The molecule has 0 N–H and O–H groups in total. The predicted octanol–water partition coefficient (Wildman–Crippen LogP) is 5.98. The lowest BCUT2D eigenvalue weighted by Crippen LogP contribution is -2.43. The monoisotopic (exact) mass is 516 g/mol. The molecule has 0 atom stereocenters. The molecule has 1 aromatic heterocycles. The van der Waals surface area contributed by atoms with Gasteiger partial charge in [-0.15, -0.1) is 0 Å². The van der Waals surface area contributed by atoms with E-state index in [2.05, 4.69) is 0 Å². The Morgan fingerprint density at radius 1 is 0.895 bits per heavy atom. The highest BCUT2D eigenvalue weighted by atomic mass is 19.1. The number of fused-ring (bicyclic) bond motifs is 1. The number of carbonyl (C=O) groups is 2. The first-order chi connectivity index (χ1) is 18.4. The second-order valence-corrected chi connectivity index (χ2v) is 9.23. The molecule has 4 rings (SSSR count). The van der Waals surface area contributed by atoms with Crippen LogP contribution in [0.15, 0.2) is 83.3 Å². The zero-order chi connectivity index (χ0) is 26.9. The smallest absolute Gasteiger partial charge is 0.254 e. The molecule has 0 aliphatic rings. The van der Waals surface area contributed by atoms with Gasteiger partial charge in [0.15, 0.2) is 0 Å². The summed E-state index contributed by atoms with van der Waals surface area (Å²) >= 11 is 0. The van der Waals surface area contributed by atoms with Gasteiger partial charge in [-0.05, 0) is 73.0 Å². The summed E-state index contributed by atoms with van der Waals surface area (Å²) in [5, 5.41) is 2.01. The number of carbonyl (C=O) groups excluding carboxylic acids is 2. The van der Waals surface area contributed by atoms with E-state index in [9.17, 15) is 14.0 Å². The summed E-state index contributed by atoms with van der Waals surface area (Å²) in [5.74, 6) is 0.611. The van der Waals surface area contributed by atoms with Gasteiger partial charge in [0.25, 0.3) is 5.91 Å². The number of ether oxygens (including phenoxy) is 1. The lowest BCUT2D eigenvalue weighted by Gasteiger charge is -2.27. The van der Waals surface area contributed by atoms with Gasteiger partial charge in [0.05, 0.1) is 6.54 Å².